The fourth-order valence-corrected chi connectivity index (χ4v) is 4.33. The second-order valence-corrected chi connectivity index (χ2v) is 8.29. The Morgan fingerprint density at radius 3 is 2.33 bits per heavy atom. The van der Waals surface area contributed by atoms with Crippen molar-refractivity contribution in [3.8, 4) is 0 Å². The van der Waals surface area contributed by atoms with Gasteiger partial charge in [0.2, 0.25) is 10.0 Å². The summed E-state index contributed by atoms with van der Waals surface area (Å²) in [5.41, 5.74) is 7.10. The van der Waals surface area contributed by atoms with Gasteiger partial charge in [-0.15, -0.1) is 0 Å². The van der Waals surface area contributed by atoms with Crippen molar-refractivity contribution < 1.29 is 8.42 Å². The van der Waals surface area contributed by atoms with E-state index in [0.717, 1.165) is 18.4 Å². The average molecular weight is 310 g/mol. The van der Waals surface area contributed by atoms with Gasteiger partial charge in [0, 0.05) is 19.1 Å². The largest absolute Gasteiger partial charge is 0.328 e. The van der Waals surface area contributed by atoms with Gasteiger partial charge >= 0.3 is 0 Å². The summed E-state index contributed by atoms with van der Waals surface area (Å²) in [6, 6.07) is 7.29. The predicted octanol–water partition coefficient (Wildman–Crippen LogP) is 2.56. The maximum Gasteiger partial charge on any atom is 0.243 e. The van der Waals surface area contributed by atoms with Gasteiger partial charge in [0.05, 0.1) is 4.90 Å². The van der Waals surface area contributed by atoms with E-state index >= 15 is 0 Å². The van der Waals surface area contributed by atoms with Crippen LogP contribution in [0.25, 0.3) is 0 Å². The second kappa shape index (κ2) is 6.46. The van der Waals surface area contributed by atoms with Crippen LogP contribution in [0.15, 0.2) is 29.2 Å². The molecule has 0 spiro atoms. The molecule has 1 aromatic carbocycles. The summed E-state index contributed by atoms with van der Waals surface area (Å²) in [6.45, 7) is 7.28. The minimum Gasteiger partial charge on any atom is -0.328 e. The van der Waals surface area contributed by atoms with E-state index < -0.39 is 10.0 Å². The first-order valence-electron chi connectivity index (χ1n) is 7.68. The zero-order valence-corrected chi connectivity index (χ0v) is 13.9. The summed E-state index contributed by atoms with van der Waals surface area (Å²) >= 11 is 0. The van der Waals surface area contributed by atoms with Crippen LogP contribution >= 0.6 is 0 Å². The lowest BCUT2D eigenvalue weighted by Crippen LogP contribution is -2.44. The Labute approximate surface area is 128 Å². The van der Waals surface area contributed by atoms with Gasteiger partial charge in [-0.2, -0.15) is 4.31 Å². The minimum absolute atomic E-state index is 0.0336. The zero-order chi connectivity index (χ0) is 15.6. The van der Waals surface area contributed by atoms with Crippen molar-refractivity contribution in [3.05, 3.63) is 29.8 Å². The standard InChI is InChI=1S/C16H26N2O2S/c1-12(2)14-6-8-16(9-7-14)21(19,20)18-10-4-5-15(11-18)13(3)17/h6-9,12-13,15H,4-5,10-11,17H2,1-3H3. The van der Waals surface area contributed by atoms with Crippen molar-refractivity contribution >= 4 is 10.0 Å². The van der Waals surface area contributed by atoms with Crippen LogP contribution in [0.2, 0.25) is 0 Å². The van der Waals surface area contributed by atoms with E-state index in [1.807, 2.05) is 19.1 Å². The van der Waals surface area contributed by atoms with Crippen LogP contribution < -0.4 is 5.73 Å². The van der Waals surface area contributed by atoms with Crippen LogP contribution in [-0.2, 0) is 10.0 Å². The predicted molar refractivity (Wildman–Crippen MR) is 85.7 cm³/mol. The normalized spacial score (nSPS) is 22.4. The van der Waals surface area contributed by atoms with Crippen molar-refractivity contribution in [1.29, 1.82) is 0 Å². The SMILES string of the molecule is CC(C)c1ccc(S(=O)(=O)N2CCCC(C(C)N)C2)cc1. The molecule has 5 heteroatoms. The Morgan fingerprint density at radius 1 is 1.19 bits per heavy atom. The number of nitrogens with two attached hydrogens (primary N) is 1. The molecular formula is C16H26N2O2S. The van der Waals surface area contributed by atoms with Gasteiger partial charge in [0.15, 0.2) is 0 Å². The van der Waals surface area contributed by atoms with E-state index in [4.69, 9.17) is 5.73 Å². The molecule has 0 radical (unpaired) electrons. The van der Waals surface area contributed by atoms with Gasteiger partial charge < -0.3 is 5.73 Å². The van der Waals surface area contributed by atoms with Gasteiger partial charge in [-0.1, -0.05) is 26.0 Å². The number of sulfonamides is 1. The highest BCUT2D eigenvalue weighted by Gasteiger charge is 2.31. The monoisotopic (exact) mass is 310 g/mol. The molecule has 0 saturated carbocycles. The van der Waals surface area contributed by atoms with Gasteiger partial charge in [0.25, 0.3) is 0 Å². The summed E-state index contributed by atoms with van der Waals surface area (Å²) < 4.78 is 27.0. The minimum atomic E-state index is -3.39. The highest BCUT2D eigenvalue weighted by Crippen LogP contribution is 2.26. The van der Waals surface area contributed by atoms with Crippen LogP contribution in [0.4, 0.5) is 0 Å². The molecule has 2 atom stereocenters. The summed E-state index contributed by atoms with van der Waals surface area (Å²) in [5, 5.41) is 0. The molecule has 1 heterocycles. The van der Waals surface area contributed by atoms with E-state index in [2.05, 4.69) is 13.8 Å². The maximum atomic E-state index is 12.7. The number of hydrogen-bond donors (Lipinski definition) is 1. The first kappa shape index (κ1) is 16.5. The fraction of sp³-hybridized carbons (Fsp3) is 0.625. The van der Waals surface area contributed by atoms with Crippen LogP contribution in [-0.4, -0.2) is 31.9 Å². The van der Waals surface area contributed by atoms with Crippen LogP contribution in [0.5, 0.6) is 0 Å². The van der Waals surface area contributed by atoms with Crippen LogP contribution in [0, 0.1) is 5.92 Å². The van der Waals surface area contributed by atoms with E-state index in [9.17, 15) is 8.42 Å². The van der Waals surface area contributed by atoms with Gasteiger partial charge in [-0.25, -0.2) is 8.42 Å². The molecule has 2 unspecified atom stereocenters. The number of hydrogen-bond acceptors (Lipinski definition) is 3. The number of nitrogens with zero attached hydrogens (tertiary/aromatic N) is 1. The van der Waals surface area contributed by atoms with Crippen molar-refractivity contribution in [1.82, 2.24) is 4.31 Å². The Bertz CT molecular complexity index is 564. The molecule has 1 fully saturated rings. The quantitative estimate of drug-likeness (QED) is 0.929. The average Bonchev–Trinajstić information content (AvgIpc) is 2.47. The smallest absolute Gasteiger partial charge is 0.243 e. The Kier molecular flexibility index (Phi) is 5.07. The van der Waals surface area contributed by atoms with E-state index in [1.54, 1.807) is 16.4 Å². The first-order valence-corrected chi connectivity index (χ1v) is 9.12. The Hall–Kier alpha value is -0.910. The molecule has 1 aliphatic heterocycles. The molecule has 0 aromatic heterocycles. The van der Waals surface area contributed by atoms with Crippen LogP contribution in [0.3, 0.4) is 0 Å². The third-order valence-electron chi connectivity index (χ3n) is 4.35. The molecule has 1 aliphatic rings. The lowest BCUT2D eigenvalue weighted by atomic mass is 9.93. The molecule has 1 saturated heterocycles. The third kappa shape index (κ3) is 3.65. The van der Waals surface area contributed by atoms with Crippen molar-refractivity contribution in [2.75, 3.05) is 13.1 Å². The van der Waals surface area contributed by atoms with Gasteiger partial charge in [-0.05, 0) is 49.3 Å². The highest BCUT2D eigenvalue weighted by atomic mass is 32.2. The summed E-state index contributed by atoms with van der Waals surface area (Å²) in [4.78, 5) is 0.386. The van der Waals surface area contributed by atoms with Crippen molar-refractivity contribution in [2.45, 2.75) is 50.5 Å². The van der Waals surface area contributed by atoms with Crippen molar-refractivity contribution in [3.63, 3.8) is 0 Å². The Balaban J connectivity index is 2.21. The molecule has 0 bridgehead atoms. The second-order valence-electron chi connectivity index (χ2n) is 6.35. The molecule has 2 N–H and O–H groups in total. The molecule has 21 heavy (non-hydrogen) atoms. The summed E-state index contributed by atoms with van der Waals surface area (Å²) in [5.74, 6) is 0.655. The lowest BCUT2D eigenvalue weighted by molar-refractivity contribution is 0.243. The topological polar surface area (TPSA) is 63.4 Å². The van der Waals surface area contributed by atoms with Gasteiger partial charge in [-0.3, -0.25) is 0 Å². The number of benzene rings is 1. The highest BCUT2D eigenvalue weighted by molar-refractivity contribution is 7.89. The van der Waals surface area contributed by atoms with Gasteiger partial charge in [0.1, 0.15) is 0 Å². The molecule has 4 nitrogen and oxygen atoms in total. The Morgan fingerprint density at radius 2 is 1.81 bits per heavy atom. The molecular weight excluding hydrogens is 284 g/mol. The first-order chi connectivity index (χ1) is 9.82. The maximum absolute atomic E-state index is 12.7. The number of piperidine rings is 1. The fourth-order valence-electron chi connectivity index (χ4n) is 2.80. The van der Waals surface area contributed by atoms with E-state index in [1.165, 1.54) is 0 Å². The van der Waals surface area contributed by atoms with E-state index in [-0.39, 0.29) is 12.0 Å². The van der Waals surface area contributed by atoms with Crippen molar-refractivity contribution in [2.24, 2.45) is 11.7 Å². The third-order valence-corrected chi connectivity index (χ3v) is 6.23. The number of rotatable bonds is 4. The molecule has 118 valence electrons. The molecule has 1 aromatic rings. The molecule has 0 aliphatic carbocycles. The lowest BCUT2D eigenvalue weighted by Gasteiger charge is -2.33. The zero-order valence-electron chi connectivity index (χ0n) is 13.1. The molecule has 0 amide bonds. The molecule has 2 rings (SSSR count). The van der Waals surface area contributed by atoms with Crippen LogP contribution in [0.1, 0.15) is 45.1 Å². The van der Waals surface area contributed by atoms with E-state index in [0.29, 0.717) is 23.9 Å². The summed E-state index contributed by atoms with van der Waals surface area (Å²) in [7, 11) is -3.39. The summed E-state index contributed by atoms with van der Waals surface area (Å²) in [6.07, 6.45) is 1.89.